The van der Waals surface area contributed by atoms with E-state index in [1.54, 1.807) is 6.07 Å². The number of hydrogen-bond acceptors (Lipinski definition) is 1. The monoisotopic (exact) mass is 341 g/mol. The van der Waals surface area contributed by atoms with E-state index in [0.717, 1.165) is 16.4 Å². The number of carbonyl (C=O) groups excluding carboxylic acids is 1. The van der Waals surface area contributed by atoms with Crippen molar-refractivity contribution in [2.45, 2.75) is 32.2 Å². The molecule has 0 heterocycles. The van der Waals surface area contributed by atoms with Crippen LogP contribution >= 0.6 is 22.6 Å². The average molecular weight is 341 g/mol. The molecule has 0 aliphatic carbocycles. The number of hydrogen-bond donors (Lipinski definition) is 1. The topological polar surface area (TPSA) is 29.1 Å². The second kappa shape index (κ2) is 6.06. The third-order valence-corrected chi connectivity index (χ3v) is 3.59. The maximum absolute atomic E-state index is 12.1. The van der Waals surface area contributed by atoms with Gasteiger partial charge in [0, 0.05) is 9.13 Å². The first-order valence-corrected chi connectivity index (χ1v) is 6.70. The highest BCUT2D eigenvalue weighted by atomic mass is 127. The van der Waals surface area contributed by atoms with E-state index in [9.17, 15) is 4.79 Å². The number of terminal acetylenes is 1. The Hall–Kier alpha value is -1.02. The maximum atomic E-state index is 12.1. The van der Waals surface area contributed by atoms with E-state index in [1.807, 2.05) is 32.0 Å². The maximum Gasteiger partial charge on any atom is 0.252 e. The quantitative estimate of drug-likeness (QED) is 0.661. The lowest BCUT2D eigenvalue weighted by Crippen LogP contribution is -2.46. The van der Waals surface area contributed by atoms with Gasteiger partial charge in [-0.05, 0) is 53.6 Å². The summed E-state index contributed by atoms with van der Waals surface area (Å²) in [4.78, 5) is 12.1. The van der Waals surface area contributed by atoms with Gasteiger partial charge in [-0.1, -0.05) is 25.8 Å². The van der Waals surface area contributed by atoms with Crippen molar-refractivity contribution in [2.24, 2.45) is 0 Å². The van der Waals surface area contributed by atoms with Gasteiger partial charge in [-0.2, -0.15) is 0 Å². The Balaban J connectivity index is 2.89. The highest BCUT2D eigenvalue weighted by molar-refractivity contribution is 14.1. The number of benzene rings is 1. The zero-order valence-electron chi connectivity index (χ0n) is 10.1. The summed E-state index contributed by atoms with van der Waals surface area (Å²) in [5.41, 5.74) is 0.122. The molecule has 3 heteroatoms. The second-order valence-electron chi connectivity index (χ2n) is 3.90. The molecule has 0 aliphatic rings. The van der Waals surface area contributed by atoms with Crippen LogP contribution in [0.5, 0.6) is 0 Å². The van der Waals surface area contributed by atoms with Crippen LogP contribution in [0.2, 0.25) is 0 Å². The molecule has 0 saturated carbocycles. The van der Waals surface area contributed by atoms with Crippen molar-refractivity contribution in [1.29, 1.82) is 0 Å². The van der Waals surface area contributed by atoms with Crippen LogP contribution in [0.15, 0.2) is 24.3 Å². The van der Waals surface area contributed by atoms with Gasteiger partial charge in [0.05, 0.1) is 0 Å². The Bertz CT molecular complexity index is 444. The van der Waals surface area contributed by atoms with E-state index in [4.69, 9.17) is 6.42 Å². The summed E-state index contributed by atoms with van der Waals surface area (Å²) in [7, 11) is 0. The SMILES string of the molecule is C#CC(CC)(CC)NC(=O)c1cccc(I)c1. The first-order chi connectivity index (χ1) is 8.06. The number of halogens is 1. The van der Waals surface area contributed by atoms with Gasteiger partial charge in [-0.3, -0.25) is 4.79 Å². The molecule has 0 spiro atoms. The zero-order valence-corrected chi connectivity index (χ0v) is 12.2. The molecule has 0 radical (unpaired) electrons. The summed E-state index contributed by atoms with van der Waals surface area (Å²) in [6.07, 6.45) is 6.98. The molecule has 0 saturated heterocycles. The number of rotatable bonds is 4. The number of nitrogens with one attached hydrogen (secondary N) is 1. The summed E-state index contributed by atoms with van der Waals surface area (Å²) < 4.78 is 1.04. The molecule has 1 aromatic carbocycles. The molecule has 1 N–H and O–H groups in total. The van der Waals surface area contributed by atoms with E-state index in [2.05, 4.69) is 33.8 Å². The molecule has 1 aromatic rings. The lowest BCUT2D eigenvalue weighted by molar-refractivity contribution is 0.0916. The molecule has 0 aromatic heterocycles. The Labute approximate surface area is 116 Å². The first kappa shape index (κ1) is 14.0. The second-order valence-corrected chi connectivity index (χ2v) is 5.14. The summed E-state index contributed by atoms with van der Waals surface area (Å²) in [5, 5.41) is 2.94. The minimum Gasteiger partial charge on any atom is -0.336 e. The van der Waals surface area contributed by atoms with Crippen LogP contribution < -0.4 is 5.32 Å². The van der Waals surface area contributed by atoms with Crippen LogP contribution in [0.3, 0.4) is 0 Å². The van der Waals surface area contributed by atoms with E-state index < -0.39 is 5.54 Å². The van der Waals surface area contributed by atoms with Crippen molar-refractivity contribution in [3.05, 3.63) is 33.4 Å². The standard InChI is InChI=1S/C14H16INO/c1-4-14(5-2,6-3)16-13(17)11-8-7-9-12(15)10-11/h1,7-10H,5-6H2,2-3H3,(H,16,17). The van der Waals surface area contributed by atoms with Gasteiger partial charge in [0.25, 0.3) is 5.91 Å². The predicted octanol–water partition coefficient (Wildman–Crippen LogP) is 3.21. The minimum absolute atomic E-state index is 0.106. The molecular formula is C14H16INO. The Morgan fingerprint density at radius 1 is 1.47 bits per heavy atom. The summed E-state index contributed by atoms with van der Waals surface area (Å²) in [6.45, 7) is 3.97. The van der Waals surface area contributed by atoms with Crippen molar-refractivity contribution in [1.82, 2.24) is 5.32 Å². The fraction of sp³-hybridized carbons (Fsp3) is 0.357. The highest BCUT2D eigenvalue weighted by Crippen LogP contribution is 2.15. The van der Waals surface area contributed by atoms with Crippen LogP contribution in [0, 0.1) is 15.9 Å². The third kappa shape index (κ3) is 3.47. The highest BCUT2D eigenvalue weighted by Gasteiger charge is 2.25. The van der Waals surface area contributed by atoms with Crippen LogP contribution in [0.1, 0.15) is 37.0 Å². The number of amides is 1. The van der Waals surface area contributed by atoms with Gasteiger partial charge in [0.1, 0.15) is 5.54 Å². The lowest BCUT2D eigenvalue weighted by atomic mass is 9.93. The smallest absolute Gasteiger partial charge is 0.252 e. The van der Waals surface area contributed by atoms with E-state index in [0.29, 0.717) is 5.56 Å². The third-order valence-electron chi connectivity index (χ3n) is 2.92. The molecule has 0 atom stereocenters. The van der Waals surface area contributed by atoms with Crippen molar-refractivity contribution < 1.29 is 4.79 Å². The van der Waals surface area contributed by atoms with Crippen LogP contribution in [0.4, 0.5) is 0 Å². The van der Waals surface area contributed by atoms with Crippen LogP contribution in [-0.4, -0.2) is 11.4 Å². The Kier molecular flexibility index (Phi) is 5.01. The fourth-order valence-corrected chi connectivity index (χ4v) is 2.13. The fourth-order valence-electron chi connectivity index (χ4n) is 1.59. The van der Waals surface area contributed by atoms with E-state index in [-0.39, 0.29) is 5.91 Å². The summed E-state index contributed by atoms with van der Waals surface area (Å²) >= 11 is 2.18. The Morgan fingerprint density at radius 3 is 2.59 bits per heavy atom. The molecule has 90 valence electrons. The Morgan fingerprint density at radius 2 is 2.12 bits per heavy atom. The van der Waals surface area contributed by atoms with Gasteiger partial charge in [0.15, 0.2) is 0 Å². The molecule has 0 bridgehead atoms. The molecule has 17 heavy (non-hydrogen) atoms. The first-order valence-electron chi connectivity index (χ1n) is 5.62. The zero-order chi connectivity index (χ0) is 12.9. The minimum atomic E-state index is -0.529. The normalized spacial score (nSPS) is 10.7. The molecule has 0 fully saturated rings. The molecule has 1 rings (SSSR count). The van der Waals surface area contributed by atoms with Crippen LogP contribution in [0.25, 0.3) is 0 Å². The molecule has 2 nitrogen and oxygen atoms in total. The van der Waals surface area contributed by atoms with E-state index >= 15 is 0 Å². The van der Waals surface area contributed by atoms with Gasteiger partial charge >= 0.3 is 0 Å². The number of carbonyl (C=O) groups is 1. The van der Waals surface area contributed by atoms with Crippen molar-refractivity contribution >= 4 is 28.5 Å². The summed E-state index contributed by atoms with van der Waals surface area (Å²) in [5.74, 6) is 2.59. The lowest BCUT2D eigenvalue weighted by Gasteiger charge is -2.27. The van der Waals surface area contributed by atoms with Crippen molar-refractivity contribution in [2.75, 3.05) is 0 Å². The molecule has 0 aliphatic heterocycles. The van der Waals surface area contributed by atoms with Crippen molar-refractivity contribution in [3.63, 3.8) is 0 Å². The molecule has 0 unspecified atom stereocenters. The van der Waals surface area contributed by atoms with E-state index in [1.165, 1.54) is 0 Å². The largest absolute Gasteiger partial charge is 0.336 e. The average Bonchev–Trinajstić information content (AvgIpc) is 2.36. The molecular weight excluding hydrogens is 325 g/mol. The summed E-state index contributed by atoms with van der Waals surface area (Å²) in [6, 6.07) is 7.46. The van der Waals surface area contributed by atoms with Crippen LogP contribution in [-0.2, 0) is 0 Å². The predicted molar refractivity (Wildman–Crippen MR) is 78.8 cm³/mol. The van der Waals surface area contributed by atoms with Crippen molar-refractivity contribution in [3.8, 4) is 12.3 Å². The van der Waals surface area contributed by atoms with Gasteiger partial charge < -0.3 is 5.32 Å². The molecule has 1 amide bonds. The van der Waals surface area contributed by atoms with Gasteiger partial charge in [-0.15, -0.1) is 6.42 Å². The van der Waals surface area contributed by atoms with Gasteiger partial charge in [-0.25, -0.2) is 0 Å². The van der Waals surface area contributed by atoms with Gasteiger partial charge in [0.2, 0.25) is 0 Å².